The summed E-state index contributed by atoms with van der Waals surface area (Å²) in [7, 11) is 2.79. The summed E-state index contributed by atoms with van der Waals surface area (Å²) in [5.41, 5.74) is -0.779. The highest BCUT2D eigenvalue weighted by Gasteiger charge is 2.27. The van der Waals surface area contributed by atoms with Crippen LogP contribution in [0.2, 0.25) is 0 Å². The molecule has 210 valence electrons. The Bertz CT molecular complexity index is 633. The van der Waals surface area contributed by atoms with Gasteiger partial charge in [-0.15, -0.1) is 0 Å². The molecule has 1 atom stereocenters. The van der Waals surface area contributed by atoms with Crippen molar-refractivity contribution in [1.82, 2.24) is 4.72 Å². The average molecular weight is 630 g/mol. The van der Waals surface area contributed by atoms with Gasteiger partial charge in [0.15, 0.2) is 0 Å². The zero-order valence-corrected chi connectivity index (χ0v) is 26.5. The third kappa shape index (κ3) is 25.5. The molecule has 0 rings (SSSR count). The number of halogens is 1. The van der Waals surface area contributed by atoms with E-state index >= 15 is 0 Å². The number of sulfonamides is 1. The second-order valence-electron chi connectivity index (χ2n) is 11.2. The monoisotopic (exact) mass is 629 g/mol. The van der Waals surface area contributed by atoms with Gasteiger partial charge < -0.3 is 33.2 Å². The Morgan fingerprint density at radius 2 is 1.29 bits per heavy atom. The molecule has 6 nitrogen and oxygen atoms in total. The molecule has 1 N–H and O–H groups in total. The second-order valence-corrected chi connectivity index (χ2v) is 13.2. The Morgan fingerprint density at radius 3 is 1.71 bits per heavy atom. The second kappa shape index (κ2) is 22.1. The maximum absolute atomic E-state index is 12.3. The quantitative estimate of drug-likeness (QED) is 0.101. The molecule has 0 heterocycles. The van der Waals surface area contributed by atoms with Gasteiger partial charge in [0.2, 0.25) is 10.0 Å². The van der Waals surface area contributed by atoms with Crippen LogP contribution >= 0.6 is 0 Å². The molecule has 0 bridgehead atoms. The molecule has 0 aromatic carbocycles. The Balaban J connectivity index is 0. The summed E-state index contributed by atoms with van der Waals surface area (Å²) in [5, 5.41) is 9.18. The number of unbranched alkanes of at least 4 members (excludes halogenated alkanes) is 13. The van der Waals surface area contributed by atoms with E-state index in [0.29, 0.717) is 13.0 Å². The van der Waals surface area contributed by atoms with E-state index in [2.05, 4.69) is 38.9 Å². The molecule has 0 aliphatic carbocycles. The van der Waals surface area contributed by atoms with Crippen LogP contribution in [0.25, 0.3) is 0 Å². The first-order valence-electron chi connectivity index (χ1n) is 13.8. The van der Waals surface area contributed by atoms with Gasteiger partial charge in [-0.05, 0) is 13.3 Å². The van der Waals surface area contributed by atoms with Crippen molar-refractivity contribution in [2.24, 2.45) is 0 Å². The van der Waals surface area contributed by atoms with Crippen LogP contribution in [0.5, 0.6) is 0 Å². The van der Waals surface area contributed by atoms with Crippen LogP contribution in [0.15, 0.2) is 0 Å². The third-order valence-electron chi connectivity index (χ3n) is 6.31. The van der Waals surface area contributed by atoms with Gasteiger partial charge in [-0.2, -0.15) is 5.26 Å². The number of nitrogens with one attached hydrogen (secondary N) is 1. The van der Waals surface area contributed by atoms with Crippen LogP contribution in [-0.2, 0) is 14.8 Å². The van der Waals surface area contributed by atoms with Crippen LogP contribution in [0.4, 0.5) is 0 Å². The molecular weight excluding hydrogens is 573 g/mol. The minimum Gasteiger partial charge on any atom is -1.00 e. The first-order chi connectivity index (χ1) is 16.0. The van der Waals surface area contributed by atoms with Crippen molar-refractivity contribution in [1.29, 1.82) is 5.26 Å². The van der Waals surface area contributed by atoms with E-state index in [9.17, 15) is 13.7 Å². The van der Waals surface area contributed by atoms with E-state index < -0.39 is 15.6 Å². The van der Waals surface area contributed by atoms with Gasteiger partial charge >= 0.3 is 0 Å². The lowest BCUT2D eigenvalue weighted by molar-refractivity contribution is -0.870. The van der Waals surface area contributed by atoms with Crippen molar-refractivity contribution in [2.75, 3.05) is 46.6 Å². The van der Waals surface area contributed by atoms with Gasteiger partial charge in [0.25, 0.3) is 0 Å². The fraction of sp³-hybridized carbons (Fsp3) is 0.963. The Hall–Kier alpha value is 0.0500. The zero-order chi connectivity index (χ0) is 25.8. The molecule has 0 aliphatic rings. The van der Waals surface area contributed by atoms with Crippen LogP contribution < -0.4 is 28.7 Å². The lowest BCUT2D eigenvalue weighted by Gasteiger charge is -2.28. The van der Waals surface area contributed by atoms with E-state index in [-0.39, 0.29) is 42.7 Å². The summed E-state index contributed by atoms with van der Waals surface area (Å²) in [6, 6.07) is 2.15. The number of hydrogen-bond donors (Lipinski definition) is 1. The summed E-state index contributed by atoms with van der Waals surface area (Å²) in [5.74, 6) is 0.101. The van der Waals surface area contributed by atoms with Crippen molar-refractivity contribution in [2.45, 2.75) is 122 Å². The normalized spacial score (nSPS) is 13.7. The predicted octanol–water partition coefficient (Wildman–Crippen LogP) is 3.18. The van der Waals surface area contributed by atoms with Crippen LogP contribution in [0, 0.1) is 11.3 Å². The van der Waals surface area contributed by atoms with Crippen molar-refractivity contribution in [3.05, 3.63) is 0 Å². The third-order valence-corrected chi connectivity index (χ3v) is 7.72. The summed E-state index contributed by atoms with van der Waals surface area (Å²) < 4.78 is 34.0. The summed E-state index contributed by atoms with van der Waals surface area (Å²) in [6.45, 7) is 5.61. The molecular formula is C27H56IN3O3S. The van der Waals surface area contributed by atoms with Gasteiger partial charge in [0, 0.05) is 19.6 Å². The largest absolute Gasteiger partial charge is 1.00 e. The molecule has 0 fully saturated rings. The molecule has 0 radical (unpaired) electrons. The molecule has 1 unspecified atom stereocenters. The molecule has 0 saturated heterocycles. The Labute approximate surface area is 235 Å². The van der Waals surface area contributed by atoms with Gasteiger partial charge in [-0.25, -0.2) is 13.1 Å². The van der Waals surface area contributed by atoms with E-state index in [4.69, 9.17) is 4.74 Å². The molecule has 0 aromatic heterocycles. The number of rotatable bonds is 24. The smallest absolute Gasteiger partial charge is 0.211 e. The maximum atomic E-state index is 12.3. The maximum Gasteiger partial charge on any atom is 0.211 e. The zero-order valence-electron chi connectivity index (χ0n) is 23.5. The van der Waals surface area contributed by atoms with E-state index in [1.807, 2.05) is 6.92 Å². The fourth-order valence-electron chi connectivity index (χ4n) is 4.01. The van der Waals surface area contributed by atoms with Gasteiger partial charge in [0.05, 0.1) is 51.5 Å². The molecule has 8 heteroatoms. The van der Waals surface area contributed by atoms with Gasteiger partial charge in [0.1, 0.15) is 0 Å². The first-order valence-corrected chi connectivity index (χ1v) is 15.5. The molecule has 0 spiro atoms. The molecule has 0 amide bonds. The number of quaternary nitrogens is 1. The minimum absolute atomic E-state index is 0. The fourth-order valence-corrected chi connectivity index (χ4v) is 5.19. The topological polar surface area (TPSA) is 79.2 Å². The number of nitrogens with zero attached hydrogens (tertiary/aromatic N) is 2. The van der Waals surface area contributed by atoms with Crippen LogP contribution in [0.1, 0.15) is 117 Å². The molecule has 0 saturated carbocycles. The molecule has 35 heavy (non-hydrogen) atoms. The number of hydrogen-bond acceptors (Lipinski definition) is 4. The first kappa shape index (κ1) is 37.2. The Kier molecular flexibility index (Phi) is 23.5. The lowest BCUT2D eigenvalue weighted by Crippen LogP contribution is -3.00. The number of nitriles is 1. The predicted molar refractivity (Wildman–Crippen MR) is 144 cm³/mol. The Morgan fingerprint density at radius 1 is 0.829 bits per heavy atom. The van der Waals surface area contributed by atoms with Crippen molar-refractivity contribution < 1.29 is 41.6 Å². The van der Waals surface area contributed by atoms with Crippen molar-refractivity contribution in [3.63, 3.8) is 0 Å². The van der Waals surface area contributed by atoms with E-state index in [0.717, 1.165) is 23.9 Å². The molecule has 0 aromatic rings. The highest BCUT2D eigenvalue weighted by Crippen LogP contribution is 2.17. The van der Waals surface area contributed by atoms with Crippen LogP contribution in [-0.4, -0.2) is 65.1 Å². The average Bonchev–Trinajstić information content (AvgIpc) is 2.74. The number of ether oxygens (including phenoxy) is 1. The minimum atomic E-state index is -3.36. The van der Waals surface area contributed by atoms with E-state index in [1.165, 1.54) is 77.0 Å². The highest BCUT2D eigenvalue weighted by molar-refractivity contribution is 7.89. The standard InChI is InChI=1S/C27H56N3O3S.HI/c1-6-7-8-9-10-11-12-13-14-15-16-17-18-19-24-33-27(2,21-22-28)26-29-34(31,32)25-20-23-30(3,4)5;/h29H,6-21,23-26H2,1-5H3;1H/q+1;/p-1. The summed E-state index contributed by atoms with van der Waals surface area (Å²) in [4.78, 5) is 0. The lowest BCUT2D eigenvalue weighted by atomic mass is 10.0. The van der Waals surface area contributed by atoms with Crippen LogP contribution in [0.3, 0.4) is 0 Å². The van der Waals surface area contributed by atoms with E-state index in [1.54, 1.807) is 0 Å². The van der Waals surface area contributed by atoms with Crippen molar-refractivity contribution in [3.8, 4) is 6.07 Å². The SMILES string of the molecule is CCCCCCCCCCCCCCCCOC(C)(CC#N)CNS(=O)(=O)CCC[N+](C)(C)C.[I-]. The summed E-state index contributed by atoms with van der Waals surface area (Å²) >= 11 is 0. The van der Waals surface area contributed by atoms with Gasteiger partial charge in [-0.1, -0.05) is 90.4 Å². The molecule has 0 aliphatic heterocycles. The highest BCUT2D eigenvalue weighted by atomic mass is 127. The van der Waals surface area contributed by atoms with Gasteiger partial charge in [-0.3, -0.25) is 0 Å². The van der Waals surface area contributed by atoms with Crippen molar-refractivity contribution >= 4 is 10.0 Å². The summed E-state index contributed by atoms with van der Waals surface area (Å²) in [6.07, 6.45) is 19.1.